The fourth-order valence-electron chi connectivity index (χ4n) is 1.45. The molecule has 8 heteroatoms. The van der Waals surface area contributed by atoms with Crippen LogP contribution in [0.2, 0.25) is 0 Å². The van der Waals surface area contributed by atoms with Gasteiger partial charge in [-0.15, -0.1) is 12.4 Å². The Hall–Kier alpha value is -1.18. The highest BCUT2D eigenvalue weighted by Crippen LogP contribution is 2.32. The van der Waals surface area contributed by atoms with Crippen LogP contribution in [0.3, 0.4) is 0 Å². The second-order valence-electron chi connectivity index (χ2n) is 5.56. The van der Waals surface area contributed by atoms with Crippen molar-refractivity contribution in [2.75, 3.05) is 19.0 Å². The maximum Gasteiger partial charge on any atom is 0.350 e. The summed E-state index contributed by atoms with van der Waals surface area (Å²) < 4.78 is 4.76. The van der Waals surface area contributed by atoms with Crippen molar-refractivity contribution in [3.63, 3.8) is 0 Å². The molecular formula is C13H22ClN3O3S. The standard InChI is InChI=1S/C13H21N3O3S.ClH/c1-7(6-14)10(17)16-12-15-9(13(2,3)4)8(20-12)11(18)19-5;/h7H,6,14H2,1-5H3,(H,15,16,17);1H. The molecule has 0 aliphatic rings. The summed E-state index contributed by atoms with van der Waals surface area (Å²) in [6.07, 6.45) is 0. The third-order valence-corrected chi connectivity index (χ3v) is 3.69. The van der Waals surface area contributed by atoms with Gasteiger partial charge >= 0.3 is 5.97 Å². The monoisotopic (exact) mass is 335 g/mol. The van der Waals surface area contributed by atoms with Crippen molar-refractivity contribution >= 4 is 40.8 Å². The third kappa shape index (κ3) is 4.94. The summed E-state index contributed by atoms with van der Waals surface area (Å²) >= 11 is 1.12. The van der Waals surface area contributed by atoms with E-state index in [9.17, 15) is 9.59 Å². The van der Waals surface area contributed by atoms with Gasteiger partial charge in [-0.2, -0.15) is 0 Å². The molecule has 0 spiro atoms. The van der Waals surface area contributed by atoms with Crippen LogP contribution >= 0.6 is 23.7 Å². The van der Waals surface area contributed by atoms with E-state index < -0.39 is 5.97 Å². The van der Waals surface area contributed by atoms with Crippen molar-refractivity contribution in [2.24, 2.45) is 11.7 Å². The lowest BCUT2D eigenvalue weighted by Gasteiger charge is -2.16. The number of nitrogens with one attached hydrogen (secondary N) is 1. The van der Waals surface area contributed by atoms with E-state index in [1.807, 2.05) is 20.8 Å². The highest BCUT2D eigenvalue weighted by molar-refractivity contribution is 7.17. The van der Waals surface area contributed by atoms with Crippen molar-refractivity contribution in [1.82, 2.24) is 4.98 Å². The normalized spacial score (nSPS) is 12.3. The van der Waals surface area contributed by atoms with Gasteiger partial charge in [-0.3, -0.25) is 4.79 Å². The van der Waals surface area contributed by atoms with Gasteiger partial charge in [0, 0.05) is 17.9 Å². The average Bonchev–Trinajstić information content (AvgIpc) is 2.80. The molecule has 3 N–H and O–H groups in total. The minimum atomic E-state index is -0.445. The number of carbonyl (C=O) groups is 2. The molecule has 1 atom stereocenters. The van der Waals surface area contributed by atoms with Gasteiger partial charge in [-0.05, 0) is 0 Å². The SMILES string of the molecule is COC(=O)c1sc(NC(=O)C(C)CN)nc1C(C)(C)C.Cl. The van der Waals surface area contributed by atoms with E-state index in [0.29, 0.717) is 15.7 Å². The zero-order chi connectivity index (χ0) is 15.5. The molecular weight excluding hydrogens is 314 g/mol. The van der Waals surface area contributed by atoms with Crippen LogP contribution < -0.4 is 11.1 Å². The summed E-state index contributed by atoms with van der Waals surface area (Å²) in [6.45, 7) is 7.83. The molecule has 0 saturated heterocycles. The number of amides is 1. The number of carbonyl (C=O) groups excluding carboxylic acids is 2. The van der Waals surface area contributed by atoms with Gasteiger partial charge in [-0.1, -0.05) is 39.0 Å². The Bertz CT molecular complexity index is 511. The van der Waals surface area contributed by atoms with Crippen molar-refractivity contribution in [3.8, 4) is 0 Å². The van der Waals surface area contributed by atoms with Crippen LogP contribution in [0.15, 0.2) is 0 Å². The maximum absolute atomic E-state index is 11.8. The number of hydrogen-bond donors (Lipinski definition) is 2. The summed E-state index contributed by atoms with van der Waals surface area (Å²) in [4.78, 5) is 28.4. The summed E-state index contributed by atoms with van der Waals surface area (Å²) in [5, 5.41) is 3.07. The first kappa shape index (κ1) is 19.8. The molecule has 0 aromatic carbocycles. The van der Waals surface area contributed by atoms with E-state index in [1.165, 1.54) is 7.11 Å². The van der Waals surface area contributed by atoms with E-state index in [1.54, 1.807) is 6.92 Å². The lowest BCUT2D eigenvalue weighted by molar-refractivity contribution is -0.119. The van der Waals surface area contributed by atoms with Crippen molar-refractivity contribution < 1.29 is 14.3 Å². The predicted molar refractivity (Wildman–Crippen MR) is 86.2 cm³/mol. The number of methoxy groups -OCH3 is 1. The second-order valence-corrected chi connectivity index (χ2v) is 6.56. The van der Waals surface area contributed by atoms with E-state index in [2.05, 4.69) is 10.3 Å². The molecule has 0 radical (unpaired) electrons. The molecule has 21 heavy (non-hydrogen) atoms. The summed E-state index contributed by atoms with van der Waals surface area (Å²) in [5.74, 6) is -0.962. The Morgan fingerprint density at radius 1 is 1.43 bits per heavy atom. The van der Waals surface area contributed by atoms with E-state index in [4.69, 9.17) is 10.5 Å². The number of thiazole rings is 1. The molecule has 0 aliphatic heterocycles. The highest BCUT2D eigenvalue weighted by atomic mass is 35.5. The number of esters is 1. The molecule has 1 rings (SSSR count). The van der Waals surface area contributed by atoms with Crippen LogP contribution in [0.25, 0.3) is 0 Å². The molecule has 1 amide bonds. The Morgan fingerprint density at radius 3 is 2.43 bits per heavy atom. The smallest absolute Gasteiger partial charge is 0.350 e. The number of anilines is 1. The fourth-order valence-corrected chi connectivity index (χ4v) is 2.55. The summed E-state index contributed by atoms with van der Waals surface area (Å²) in [5.41, 5.74) is 5.75. The summed E-state index contributed by atoms with van der Waals surface area (Å²) in [7, 11) is 1.32. The van der Waals surface area contributed by atoms with Crippen LogP contribution in [-0.4, -0.2) is 30.5 Å². The minimum Gasteiger partial charge on any atom is -0.465 e. The lowest BCUT2D eigenvalue weighted by atomic mass is 9.91. The van der Waals surface area contributed by atoms with Crippen LogP contribution in [-0.2, 0) is 14.9 Å². The number of nitrogens with two attached hydrogens (primary N) is 1. The van der Waals surface area contributed by atoms with Gasteiger partial charge < -0.3 is 15.8 Å². The van der Waals surface area contributed by atoms with Crippen molar-refractivity contribution in [3.05, 3.63) is 10.6 Å². The fraction of sp³-hybridized carbons (Fsp3) is 0.615. The van der Waals surface area contributed by atoms with Crippen molar-refractivity contribution in [2.45, 2.75) is 33.1 Å². The van der Waals surface area contributed by atoms with Gasteiger partial charge in [0.15, 0.2) is 5.13 Å². The van der Waals surface area contributed by atoms with Gasteiger partial charge in [0.05, 0.1) is 12.8 Å². The minimum absolute atomic E-state index is 0. The Morgan fingerprint density at radius 2 is 2.00 bits per heavy atom. The largest absolute Gasteiger partial charge is 0.465 e. The first-order chi connectivity index (χ1) is 9.20. The molecule has 1 heterocycles. The lowest BCUT2D eigenvalue weighted by Crippen LogP contribution is -2.26. The Labute approximate surface area is 134 Å². The molecule has 0 fully saturated rings. The predicted octanol–water partition coefficient (Wildman–Crippen LogP) is 2.18. The van der Waals surface area contributed by atoms with Crippen LogP contribution in [0, 0.1) is 5.92 Å². The van der Waals surface area contributed by atoms with Crippen molar-refractivity contribution in [1.29, 1.82) is 0 Å². The van der Waals surface area contributed by atoms with E-state index >= 15 is 0 Å². The number of nitrogens with zero attached hydrogens (tertiary/aromatic N) is 1. The number of halogens is 1. The molecule has 0 bridgehead atoms. The topological polar surface area (TPSA) is 94.3 Å². The van der Waals surface area contributed by atoms with Gasteiger partial charge in [0.25, 0.3) is 0 Å². The molecule has 1 aromatic heterocycles. The van der Waals surface area contributed by atoms with Gasteiger partial charge in [0.1, 0.15) is 4.88 Å². The van der Waals surface area contributed by atoms with Gasteiger partial charge in [0.2, 0.25) is 5.91 Å². The number of rotatable bonds is 4. The number of ether oxygens (including phenoxy) is 1. The van der Waals surface area contributed by atoms with E-state index in [0.717, 1.165) is 11.3 Å². The maximum atomic E-state index is 11.8. The molecule has 0 saturated carbocycles. The quantitative estimate of drug-likeness (QED) is 0.822. The molecule has 1 aromatic rings. The highest BCUT2D eigenvalue weighted by Gasteiger charge is 2.28. The van der Waals surface area contributed by atoms with Gasteiger partial charge in [-0.25, -0.2) is 9.78 Å². The molecule has 6 nitrogen and oxygen atoms in total. The average molecular weight is 336 g/mol. The Kier molecular flexibility index (Phi) is 7.29. The van der Waals surface area contributed by atoms with Crippen LogP contribution in [0.1, 0.15) is 43.1 Å². The van der Waals surface area contributed by atoms with E-state index in [-0.39, 0.29) is 36.2 Å². The molecule has 0 aliphatic carbocycles. The Balaban J connectivity index is 0.00000400. The first-order valence-corrected chi connectivity index (χ1v) is 7.13. The van der Waals surface area contributed by atoms with Crippen LogP contribution in [0.5, 0.6) is 0 Å². The third-order valence-electron chi connectivity index (χ3n) is 2.74. The zero-order valence-electron chi connectivity index (χ0n) is 12.9. The second kappa shape index (κ2) is 7.72. The first-order valence-electron chi connectivity index (χ1n) is 6.31. The number of hydrogen-bond acceptors (Lipinski definition) is 6. The zero-order valence-corrected chi connectivity index (χ0v) is 14.5. The summed E-state index contributed by atoms with van der Waals surface area (Å²) in [6, 6.07) is 0. The number of aromatic nitrogens is 1. The molecule has 1 unspecified atom stereocenters. The molecule has 120 valence electrons. The van der Waals surface area contributed by atoms with Crippen LogP contribution in [0.4, 0.5) is 5.13 Å².